The summed E-state index contributed by atoms with van der Waals surface area (Å²) in [6, 6.07) is 0. The lowest BCUT2D eigenvalue weighted by Gasteiger charge is -2.04. The minimum atomic E-state index is -0.384. The van der Waals surface area contributed by atoms with E-state index in [1.165, 1.54) is 7.05 Å². The molecule has 0 saturated heterocycles. The average Bonchev–Trinajstić information content (AvgIpc) is 2.21. The maximum absolute atomic E-state index is 10.6. The van der Waals surface area contributed by atoms with Gasteiger partial charge in [0, 0.05) is 20.8 Å². The van der Waals surface area contributed by atoms with Crippen LogP contribution >= 0.6 is 0 Å². The lowest BCUT2D eigenvalue weighted by atomic mass is 10.3. The van der Waals surface area contributed by atoms with Gasteiger partial charge in [-0.3, -0.25) is 0 Å². The maximum Gasteiger partial charge on any atom is 0.406 e. The standard InChI is InChI=1S/C9H19NO4/c1-10-9(11)14-6-4-3-5-13-8-7-12-2/h3-8H2,1-2H3,(H,10,11). The molecule has 0 radical (unpaired) electrons. The molecule has 0 fully saturated rings. The molecule has 0 aromatic carbocycles. The van der Waals surface area contributed by atoms with Crippen LogP contribution in [0.15, 0.2) is 0 Å². The summed E-state index contributed by atoms with van der Waals surface area (Å²) < 4.78 is 14.8. The molecule has 0 heterocycles. The van der Waals surface area contributed by atoms with Crippen molar-refractivity contribution < 1.29 is 19.0 Å². The van der Waals surface area contributed by atoms with E-state index < -0.39 is 0 Å². The zero-order valence-electron chi connectivity index (χ0n) is 8.88. The van der Waals surface area contributed by atoms with Gasteiger partial charge in [-0.25, -0.2) is 4.79 Å². The van der Waals surface area contributed by atoms with Crippen molar-refractivity contribution in [3.63, 3.8) is 0 Å². The van der Waals surface area contributed by atoms with Crippen molar-refractivity contribution in [3.8, 4) is 0 Å². The van der Waals surface area contributed by atoms with Crippen LogP contribution in [-0.4, -0.2) is 46.7 Å². The molecule has 0 saturated carbocycles. The van der Waals surface area contributed by atoms with Crippen LogP contribution in [-0.2, 0) is 14.2 Å². The summed E-state index contributed by atoms with van der Waals surface area (Å²) in [5.41, 5.74) is 0. The number of hydrogen-bond acceptors (Lipinski definition) is 4. The second-order valence-corrected chi connectivity index (χ2v) is 2.70. The van der Waals surface area contributed by atoms with Crippen LogP contribution < -0.4 is 5.32 Å². The fourth-order valence-corrected chi connectivity index (χ4v) is 0.788. The van der Waals surface area contributed by atoms with E-state index >= 15 is 0 Å². The van der Waals surface area contributed by atoms with Gasteiger partial charge >= 0.3 is 6.09 Å². The quantitative estimate of drug-likeness (QED) is 0.595. The highest BCUT2D eigenvalue weighted by Crippen LogP contribution is 1.91. The molecule has 0 aliphatic carbocycles. The molecule has 0 rings (SSSR count). The van der Waals surface area contributed by atoms with Gasteiger partial charge in [-0.05, 0) is 12.8 Å². The van der Waals surface area contributed by atoms with E-state index in [0.717, 1.165) is 12.8 Å². The molecule has 1 N–H and O–H groups in total. The first kappa shape index (κ1) is 13.2. The molecule has 0 aromatic heterocycles. The SMILES string of the molecule is CNC(=O)OCCCCOCCOC. The average molecular weight is 205 g/mol. The summed E-state index contributed by atoms with van der Waals surface area (Å²) in [5.74, 6) is 0. The maximum atomic E-state index is 10.6. The van der Waals surface area contributed by atoms with Gasteiger partial charge in [0.25, 0.3) is 0 Å². The van der Waals surface area contributed by atoms with Crippen LogP contribution in [0.5, 0.6) is 0 Å². The highest BCUT2D eigenvalue weighted by molar-refractivity contribution is 5.66. The van der Waals surface area contributed by atoms with Gasteiger partial charge in [-0.2, -0.15) is 0 Å². The Morgan fingerprint density at radius 3 is 2.50 bits per heavy atom. The zero-order valence-corrected chi connectivity index (χ0v) is 8.88. The number of amides is 1. The number of rotatable bonds is 8. The Bertz CT molecular complexity index is 141. The summed E-state index contributed by atoms with van der Waals surface area (Å²) in [6.07, 6.45) is 1.33. The second-order valence-electron chi connectivity index (χ2n) is 2.70. The highest BCUT2D eigenvalue weighted by atomic mass is 16.5. The zero-order chi connectivity index (χ0) is 10.6. The summed E-state index contributed by atoms with van der Waals surface area (Å²) in [5, 5.41) is 2.37. The summed E-state index contributed by atoms with van der Waals surface area (Å²) >= 11 is 0. The molecule has 0 aliphatic rings. The van der Waals surface area contributed by atoms with Crippen molar-refractivity contribution in [2.24, 2.45) is 0 Å². The normalized spacial score (nSPS) is 9.86. The van der Waals surface area contributed by atoms with Gasteiger partial charge in [0.2, 0.25) is 0 Å². The lowest BCUT2D eigenvalue weighted by Crippen LogP contribution is -2.19. The fraction of sp³-hybridized carbons (Fsp3) is 0.889. The van der Waals surface area contributed by atoms with Crippen LogP contribution in [0.2, 0.25) is 0 Å². The fourth-order valence-electron chi connectivity index (χ4n) is 0.788. The molecule has 0 aliphatic heterocycles. The van der Waals surface area contributed by atoms with E-state index in [1.54, 1.807) is 7.11 Å². The number of unbranched alkanes of at least 4 members (excludes halogenated alkanes) is 1. The molecular formula is C9H19NO4. The van der Waals surface area contributed by atoms with Crippen molar-refractivity contribution in [1.82, 2.24) is 5.32 Å². The van der Waals surface area contributed by atoms with E-state index in [9.17, 15) is 4.79 Å². The Morgan fingerprint density at radius 2 is 1.86 bits per heavy atom. The second kappa shape index (κ2) is 10.3. The van der Waals surface area contributed by atoms with Crippen molar-refractivity contribution in [1.29, 1.82) is 0 Å². The van der Waals surface area contributed by atoms with Crippen LogP contribution in [0.3, 0.4) is 0 Å². The highest BCUT2D eigenvalue weighted by Gasteiger charge is 1.96. The summed E-state index contributed by atoms with van der Waals surface area (Å²) in [6.45, 7) is 2.36. The predicted octanol–water partition coefficient (Wildman–Crippen LogP) is 0.786. The third kappa shape index (κ3) is 9.28. The largest absolute Gasteiger partial charge is 0.450 e. The molecule has 0 atom stereocenters. The summed E-state index contributed by atoms with van der Waals surface area (Å²) in [7, 11) is 3.18. The Balaban J connectivity index is 2.95. The molecular weight excluding hydrogens is 186 g/mol. The molecule has 0 unspecified atom stereocenters. The van der Waals surface area contributed by atoms with Crippen molar-refractivity contribution in [2.45, 2.75) is 12.8 Å². The number of hydrogen-bond donors (Lipinski definition) is 1. The summed E-state index contributed by atoms with van der Waals surface area (Å²) in [4.78, 5) is 10.6. The number of nitrogens with one attached hydrogen (secondary N) is 1. The smallest absolute Gasteiger partial charge is 0.406 e. The minimum absolute atomic E-state index is 0.384. The number of methoxy groups -OCH3 is 1. The Morgan fingerprint density at radius 1 is 1.14 bits per heavy atom. The molecule has 84 valence electrons. The number of carbonyl (C=O) groups is 1. The van der Waals surface area contributed by atoms with E-state index in [1.807, 2.05) is 0 Å². The Kier molecular flexibility index (Phi) is 9.68. The van der Waals surface area contributed by atoms with Gasteiger partial charge in [-0.1, -0.05) is 0 Å². The molecule has 0 spiro atoms. The molecule has 1 amide bonds. The van der Waals surface area contributed by atoms with Gasteiger partial charge in [0.05, 0.1) is 19.8 Å². The molecule has 0 aromatic rings. The van der Waals surface area contributed by atoms with Crippen molar-refractivity contribution >= 4 is 6.09 Å². The number of carbonyl (C=O) groups excluding carboxylic acids is 1. The van der Waals surface area contributed by atoms with Crippen LogP contribution in [0.1, 0.15) is 12.8 Å². The minimum Gasteiger partial charge on any atom is -0.450 e. The third-order valence-corrected chi connectivity index (χ3v) is 1.55. The molecule has 5 nitrogen and oxygen atoms in total. The van der Waals surface area contributed by atoms with Gasteiger partial charge in [0.15, 0.2) is 0 Å². The van der Waals surface area contributed by atoms with Crippen molar-refractivity contribution in [2.75, 3.05) is 40.6 Å². The third-order valence-electron chi connectivity index (χ3n) is 1.55. The molecule has 0 bridgehead atoms. The van der Waals surface area contributed by atoms with Gasteiger partial charge in [0.1, 0.15) is 0 Å². The first-order chi connectivity index (χ1) is 6.81. The van der Waals surface area contributed by atoms with Gasteiger partial charge < -0.3 is 19.5 Å². The monoisotopic (exact) mass is 205 g/mol. The Labute approximate surface area is 84.7 Å². The van der Waals surface area contributed by atoms with E-state index in [4.69, 9.17) is 14.2 Å². The first-order valence-electron chi connectivity index (χ1n) is 4.72. The van der Waals surface area contributed by atoms with E-state index in [0.29, 0.717) is 26.4 Å². The first-order valence-corrected chi connectivity index (χ1v) is 4.72. The van der Waals surface area contributed by atoms with Crippen LogP contribution in [0.4, 0.5) is 4.79 Å². The van der Waals surface area contributed by atoms with Crippen molar-refractivity contribution in [3.05, 3.63) is 0 Å². The van der Waals surface area contributed by atoms with E-state index in [-0.39, 0.29) is 6.09 Å². The van der Waals surface area contributed by atoms with E-state index in [2.05, 4.69) is 5.32 Å². The molecule has 5 heteroatoms. The lowest BCUT2D eigenvalue weighted by molar-refractivity contribution is 0.0659. The molecule has 14 heavy (non-hydrogen) atoms. The Hall–Kier alpha value is -0.810. The van der Waals surface area contributed by atoms with Crippen LogP contribution in [0, 0.1) is 0 Å². The number of alkyl carbamates (subject to hydrolysis) is 1. The van der Waals surface area contributed by atoms with Gasteiger partial charge in [-0.15, -0.1) is 0 Å². The topological polar surface area (TPSA) is 56.8 Å². The number of ether oxygens (including phenoxy) is 3. The predicted molar refractivity (Wildman–Crippen MR) is 52.3 cm³/mol. The van der Waals surface area contributed by atoms with Crippen LogP contribution in [0.25, 0.3) is 0 Å².